The number of ether oxygens (including phenoxy) is 1. The van der Waals surface area contributed by atoms with E-state index in [0.717, 1.165) is 5.69 Å². The summed E-state index contributed by atoms with van der Waals surface area (Å²) in [5.74, 6) is 2.23. The summed E-state index contributed by atoms with van der Waals surface area (Å²) in [7, 11) is 4.88. The molecule has 174 valence electrons. The largest absolute Gasteiger partial charge is 0.494 e. The molecule has 0 saturated heterocycles. The Morgan fingerprint density at radius 1 is 1.03 bits per heavy atom. The zero-order chi connectivity index (χ0) is 24.2. The minimum Gasteiger partial charge on any atom is -0.494 e. The van der Waals surface area contributed by atoms with E-state index in [1.807, 2.05) is 25.1 Å². The van der Waals surface area contributed by atoms with Gasteiger partial charge in [-0.2, -0.15) is 5.10 Å². The number of methoxy groups -OCH3 is 1. The van der Waals surface area contributed by atoms with Gasteiger partial charge in [0, 0.05) is 31.9 Å². The zero-order valence-corrected chi connectivity index (χ0v) is 19.4. The number of hydrogen-bond acceptors (Lipinski definition) is 10. The number of aromatic nitrogens is 7. The summed E-state index contributed by atoms with van der Waals surface area (Å²) < 4.78 is 7.28. The minimum atomic E-state index is -0.392. The molecule has 0 atom stereocenters. The van der Waals surface area contributed by atoms with Crippen LogP contribution in [0.2, 0.25) is 0 Å². The van der Waals surface area contributed by atoms with Gasteiger partial charge in [0.2, 0.25) is 0 Å². The van der Waals surface area contributed by atoms with Crippen LogP contribution in [0.3, 0.4) is 0 Å². The number of anilines is 4. The third kappa shape index (κ3) is 4.75. The summed E-state index contributed by atoms with van der Waals surface area (Å²) in [6, 6.07) is 8.99. The van der Waals surface area contributed by atoms with Crippen molar-refractivity contribution >= 4 is 28.9 Å². The van der Waals surface area contributed by atoms with E-state index in [9.17, 15) is 4.79 Å². The number of carbonyl (C=O) groups excluding carboxylic acids is 1. The average Bonchev–Trinajstić information content (AvgIpc) is 3.24. The van der Waals surface area contributed by atoms with Crippen molar-refractivity contribution in [3.8, 4) is 17.1 Å². The molecule has 0 aliphatic rings. The van der Waals surface area contributed by atoms with Crippen molar-refractivity contribution in [2.75, 3.05) is 24.8 Å². The summed E-state index contributed by atoms with van der Waals surface area (Å²) in [5, 5.41) is 21.6. The second-order valence-corrected chi connectivity index (χ2v) is 7.39. The van der Waals surface area contributed by atoms with E-state index < -0.39 is 5.91 Å². The lowest BCUT2D eigenvalue weighted by Crippen LogP contribution is -2.21. The third-order valence-electron chi connectivity index (χ3n) is 4.79. The van der Waals surface area contributed by atoms with Crippen LogP contribution in [-0.4, -0.2) is 55.0 Å². The maximum Gasteiger partial charge on any atom is 0.273 e. The van der Waals surface area contributed by atoms with Crippen LogP contribution < -0.4 is 20.7 Å². The van der Waals surface area contributed by atoms with E-state index in [-0.39, 0.29) is 5.69 Å². The topological polar surface area (TPSA) is 145 Å². The van der Waals surface area contributed by atoms with Crippen molar-refractivity contribution in [3.63, 3.8) is 0 Å². The first-order valence-corrected chi connectivity index (χ1v) is 10.4. The number of para-hydroxylation sites is 1. The number of aryl methyl sites for hydroxylation is 3. The lowest BCUT2D eigenvalue weighted by Gasteiger charge is -2.16. The van der Waals surface area contributed by atoms with Gasteiger partial charge in [0.05, 0.1) is 24.0 Å². The van der Waals surface area contributed by atoms with E-state index in [1.165, 1.54) is 7.05 Å². The molecule has 0 unspecified atom stereocenters. The van der Waals surface area contributed by atoms with Crippen molar-refractivity contribution < 1.29 is 9.53 Å². The molecule has 34 heavy (non-hydrogen) atoms. The molecular formula is C22H24N10O2. The molecular weight excluding hydrogens is 436 g/mol. The standard InChI is InChI=1S/C22H24N10O2/c1-12-9-17(26-13(2)25-12)28-18-10-16(19(30-29-18)22(33)23-3)27-15-8-6-7-14(20(15)34-5)21-24-11-32(4)31-21/h6-11H,1-5H3,(H,23,33)(H2,25,26,27,28,29). The van der Waals surface area contributed by atoms with Gasteiger partial charge in [-0.25, -0.2) is 15.0 Å². The van der Waals surface area contributed by atoms with Crippen LogP contribution in [0, 0.1) is 13.8 Å². The molecule has 0 aliphatic carbocycles. The molecule has 0 saturated carbocycles. The number of hydrogen-bond donors (Lipinski definition) is 3. The maximum absolute atomic E-state index is 12.5. The van der Waals surface area contributed by atoms with Crippen molar-refractivity contribution in [3.05, 3.63) is 53.9 Å². The van der Waals surface area contributed by atoms with Crippen LogP contribution in [-0.2, 0) is 7.05 Å². The Kier molecular flexibility index (Phi) is 6.30. The Morgan fingerprint density at radius 2 is 1.85 bits per heavy atom. The van der Waals surface area contributed by atoms with Gasteiger partial charge in [0.15, 0.2) is 23.1 Å². The first-order chi connectivity index (χ1) is 16.4. The summed E-state index contributed by atoms with van der Waals surface area (Å²) in [4.78, 5) is 25.4. The molecule has 1 amide bonds. The summed E-state index contributed by atoms with van der Waals surface area (Å²) in [6.45, 7) is 3.68. The van der Waals surface area contributed by atoms with Gasteiger partial charge < -0.3 is 20.7 Å². The molecule has 12 heteroatoms. The molecule has 0 bridgehead atoms. The molecule has 3 heterocycles. The highest BCUT2D eigenvalue weighted by Crippen LogP contribution is 2.37. The van der Waals surface area contributed by atoms with Crippen LogP contribution in [0.4, 0.5) is 23.0 Å². The van der Waals surface area contributed by atoms with Gasteiger partial charge in [-0.05, 0) is 26.0 Å². The van der Waals surface area contributed by atoms with E-state index in [4.69, 9.17) is 4.74 Å². The molecule has 4 aromatic rings. The highest BCUT2D eigenvalue weighted by molar-refractivity contribution is 5.99. The highest BCUT2D eigenvalue weighted by Gasteiger charge is 2.19. The van der Waals surface area contributed by atoms with Crippen molar-refractivity contribution in [1.29, 1.82) is 0 Å². The van der Waals surface area contributed by atoms with Crippen LogP contribution in [0.1, 0.15) is 22.0 Å². The van der Waals surface area contributed by atoms with E-state index in [0.29, 0.717) is 46.0 Å². The Labute approximate surface area is 195 Å². The van der Waals surface area contributed by atoms with Crippen LogP contribution in [0.25, 0.3) is 11.4 Å². The lowest BCUT2D eigenvalue weighted by molar-refractivity contribution is 0.0958. The quantitative estimate of drug-likeness (QED) is 0.376. The summed E-state index contributed by atoms with van der Waals surface area (Å²) >= 11 is 0. The van der Waals surface area contributed by atoms with Gasteiger partial charge in [-0.1, -0.05) is 6.07 Å². The first-order valence-electron chi connectivity index (χ1n) is 10.4. The summed E-state index contributed by atoms with van der Waals surface area (Å²) in [6.07, 6.45) is 1.61. The fourth-order valence-corrected chi connectivity index (χ4v) is 3.39. The fraction of sp³-hybridized carbons (Fsp3) is 0.227. The lowest BCUT2D eigenvalue weighted by atomic mass is 10.1. The van der Waals surface area contributed by atoms with Gasteiger partial charge in [0.25, 0.3) is 5.91 Å². The minimum absolute atomic E-state index is 0.117. The number of amides is 1. The Bertz CT molecular complexity index is 1330. The van der Waals surface area contributed by atoms with Gasteiger partial charge in [-0.15, -0.1) is 10.2 Å². The van der Waals surface area contributed by atoms with Crippen molar-refractivity contribution in [1.82, 2.24) is 40.2 Å². The Morgan fingerprint density at radius 3 is 2.53 bits per heavy atom. The van der Waals surface area contributed by atoms with Crippen LogP contribution in [0.15, 0.2) is 36.7 Å². The molecule has 0 spiro atoms. The fourth-order valence-electron chi connectivity index (χ4n) is 3.39. The number of rotatable bonds is 7. The molecule has 3 N–H and O–H groups in total. The van der Waals surface area contributed by atoms with E-state index >= 15 is 0 Å². The number of carbonyl (C=O) groups is 1. The monoisotopic (exact) mass is 460 g/mol. The first kappa shape index (κ1) is 22.6. The molecule has 4 rings (SSSR count). The van der Waals surface area contributed by atoms with Crippen LogP contribution >= 0.6 is 0 Å². The third-order valence-corrected chi connectivity index (χ3v) is 4.79. The molecule has 3 aromatic heterocycles. The average molecular weight is 461 g/mol. The summed E-state index contributed by atoms with van der Waals surface area (Å²) in [5.41, 5.74) is 2.65. The van der Waals surface area contributed by atoms with Crippen LogP contribution in [0.5, 0.6) is 5.75 Å². The molecule has 12 nitrogen and oxygen atoms in total. The predicted molar refractivity (Wildman–Crippen MR) is 126 cm³/mol. The van der Waals surface area contributed by atoms with Gasteiger partial charge in [0.1, 0.15) is 18.0 Å². The second-order valence-electron chi connectivity index (χ2n) is 7.39. The van der Waals surface area contributed by atoms with E-state index in [1.54, 1.807) is 44.2 Å². The second kappa shape index (κ2) is 9.48. The Hall–Kier alpha value is -4.61. The normalized spacial score (nSPS) is 10.6. The number of nitrogens with zero attached hydrogens (tertiary/aromatic N) is 7. The maximum atomic E-state index is 12.5. The molecule has 1 aromatic carbocycles. The molecule has 0 fully saturated rings. The van der Waals surface area contributed by atoms with Crippen molar-refractivity contribution in [2.45, 2.75) is 13.8 Å². The predicted octanol–water partition coefficient (Wildman–Crippen LogP) is 2.53. The molecule has 0 radical (unpaired) electrons. The zero-order valence-electron chi connectivity index (χ0n) is 19.4. The van der Waals surface area contributed by atoms with Crippen molar-refractivity contribution in [2.24, 2.45) is 7.05 Å². The van der Waals surface area contributed by atoms with Gasteiger partial charge in [-0.3, -0.25) is 9.48 Å². The number of benzene rings is 1. The SMILES string of the molecule is CNC(=O)c1nnc(Nc2cc(C)nc(C)n2)cc1Nc1cccc(-c2ncn(C)n2)c1OC. The Balaban J connectivity index is 1.74. The van der Waals surface area contributed by atoms with E-state index in [2.05, 4.69) is 46.2 Å². The number of nitrogens with one attached hydrogen (secondary N) is 3. The highest BCUT2D eigenvalue weighted by atomic mass is 16.5. The smallest absolute Gasteiger partial charge is 0.273 e. The molecule has 0 aliphatic heterocycles. The van der Waals surface area contributed by atoms with Gasteiger partial charge >= 0.3 is 0 Å².